The van der Waals surface area contributed by atoms with Crippen LogP contribution >= 0.6 is 0 Å². The van der Waals surface area contributed by atoms with Gasteiger partial charge in [0.25, 0.3) is 0 Å². The fourth-order valence-corrected chi connectivity index (χ4v) is 0.956. The summed E-state index contributed by atoms with van der Waals surface area (Å²) < 4.78 is 0. The van der Waals surface area contributed by atoms with Gasteiger partial charge in [0.05, 0.1) is 13.2 Å². The molecular formula is C9H20N2O3. The van der Waals surface area contributed by atoms with Crippen molar-refractivity contribution in [1.82, 2.24) is 10.2 Å². The Bertz CT molecular complexity index is 171. The Hall–Kier alpha value is -0.810. The lowest BCUT2D eigenvalue weighted by Crippen LogP contribution is -2.50. The summed E-state index contributed by atoms with van der Waals surface area (Å²) in [7, 11) is 0. The molecule has 0 fully saturated rings. The molecule has 0 saturated heterocycles. The van der Waals surface area contributed by atoms with E-state index in [1.54, 1.807) is 0 Å². The molecule has 0 rings (SSSR count). The average molecular weight is 204 g/mol. The molecule has 5 nitrogen and oxygen atoms in total. The molecule has 0 aromatic carbocycles. The lowest BCUT2D eigenvalue weighted by atomic mass is 10.1. The number of amides is 2. The zero-order chi connectivity index (χ0) is 11.2. The van der Waals surface area contributed by atoms with E-state index < -0.39 is 0 Å². The monoisotopic (exact) mass is 204 g/mol. The molecule has 0 unspecified atom stereocenters. The summed E-state index contributed by atoms with van der Waals surface area (Å²) in [5.41, 5.74) is -0.305. The molecule has 0 radical (unpaired) electrons. The van der Waals surface area contributed by atoms with Gasteiger partial charge in [0.2, 0.25) is 0 Å². The molecule has 0 spiro atoms. The second-order valence-electron chi connectivity index (χ2n) is 4.11. The van der Waals surface area contributed by atoms with Gasteiger partial charge in [-0.15, -0.1) is 0 Å². The van der Waals surface area contributed by atoms with Crippen LogP contribution in [0.4, 0.5) is 4.79 Å². The highest BCUT2D eigenvalue weighted by Crippen LogP contribution is 2.00. The molecule has 0 saturated carbocycles. The molecule has 0 aromatic rings. The average Bonchev–Trinajstić information content (AvgIpc) is 2.01. The van der Waals surface area contributed by atoms with Crippen molar-refractivity contribution in [3.8, 4) is 0 Å². The zero-order valence-corrected chi connectivity index (χ0v) is 9.08. The molecule has 0 aliphatic carbocycles. The van der Waals surface area contributed by atoms with Crippen LogP contribution in [0.3, 0.4) is 0 Å². The summed E-state index contributed by atoms with van der Waals surface area (Å²) in [4.78, 5) is 12.9. The van der Waals surface area contributed by atoms with Gasteiger partial charge in [-0.1, -0.05) is 0 Å². The molecular weight excluding hydrogens is 184 g/mol. The Morgan fingerprint density at radius 2 is 1.64 bits per heavy atom. The zero-order valence-electron chi connectivity index (χ0n) is 9.08. The number of hydrogen-bond acceptors (Lipinski definition) is 3. The summed E-state index contributed by atoms with van der Waals surface area (Å²) in [5, 5.41) is 20.2. The first-order valence-electron chi connectivity index (χ1n) is 4.69. The van der Waals surface area contributed by atoms with Crippen LogP contribution < -0.4 is 5.32 Å². The van der Waals surface area contributed by atoms with E-state index in [9.17, 15) is 4.79 Å². The fourth-order valence-electron chi connectivity index (χ4n) is 0.956. The van der Waals surface area contributed by atoms with Crippen LogP contribution in [0.25, 0.3) is 0 Å². The highest BCUT2D eigenvalue weighted by molar-refractivity contribution is 5.74. The predicted octanol–water partition coefficient (Wildman–Crippen LogP) is -0.219. The molecule has 0 atom stereocenters. The number of carbonyl (C=O) groups excluding carboxylic acids is 1. The Morgan fingerprint density at radius 1 is 1.21 bits per heavy atom. The van der Waals surface area contributed by atoms with E-state index in [0.29, 0.717) is 0 Å². The van der Waals surface area contributed by atoms with Crippen LogP contribution in [0.2, 0.25) is 0 Å². The number of hydrogen-bond donors (Lipinski definition) is 3. The summed E-state index contributed by atoms with van der Waals surface area (Å²) >= 11 is 0. The van der Waals surface area contributed by atoms with Crippen molar-refractivity contribution >= 4 is 6.03 Å². The van der Waals surface area contributed by atoms with Crippen LogP contribution in [-0.2, 0) is 0 Å². The first kappa shape index (κ1) is 13.2. The third-order valence-corrected chi connectivity index (χ3v) is 1.51. The summed E-state index contributed by atoms with van der Waals surface area (Å²) in [6, 6.07) is -0.263. The van der Waals surface area contributed by atoms with Crippen LogP contribution in [0.15, 0.2) is 0 Å². The van der Waals surface area contributed by atoms with Crippen molar-refractivity contribution in [2.24, 2.45) is 0 Å². The predicted molar refractivity (Wildman–Crippen MR) is 54.0 cm³/mol. The van der Waals surface area contributed by atoms with E-state index in [1.165, 1.54) is 4.90 Å². The molecule has 0 bridgehead atoms. The molecule has 0 aromatic heterocycles. The largest absolute Gasteiger partial charge is 0.395 e. The van der Waals surface area contributed by atoms with Crippen molar-refractivity contribution in [3.63, 3.8) is 0 Å². The number of nitrogens with zero attached hydrogens (tertiary/aromatic N) is 1. The van der Waals surface area contributed by atoms with Crippen molar-refractivity contribution in [2.75, 3.05) is 26.3 Å². The summed E-state index contributed by atoms with van der Waals surface area (Å²) in [6.45, 7) is 5.91. The lowest BCUT2D eigenvalue weighted by Gasteiger charge is -2.27. The van der Waals surface area contributed by atoms with Gasteiger partial charge in [-0.3, -0.25) is 0 Å². The van der Waals surface area contributed by atoms with Crippen LogP contribution in [-0.4, -0.2) is 53.0 Å². The van der Waals surface area contributed by atoms with Crippen molar-refractivity contribution < 1.29 is 15.0 Å². The molecule has 14 heavy (non-hydrogen) atoms. The maximum Gasteiger partial charge on any atom is 0.317 e. The molecule has 0 aliphatic heterocycles. The van der Waals surface area contributed by atoms with Crippen molar-refractivity contribution in [1.29, 1.82) is 0 Å². The second-order valence-corrected chi connectivity index (χ2v) is 4.11. The van der Waals surface area contributed by atoms with Crippen molar-refractivity contribution in [3.05, 3.63) is 0 Å². The molecule has 3 N–H and O–H groups in total. The molecule has 2 amide bonds. The molecule has 0 aliphatic rings. The summed E-state index contributed by atoms with van der Waals surface area (Å²) in [6.07, 6.45) is 0. The minimum absolute atomic E-state index is 0.0996. The van der Waals surface area contributed by atoms with Gasteiger partial charge in [-0.25, -0.2) is 4.79 Å². The van der Waals surface area contributed by atoms with Gasteiger partial charge in [0.1, 0.15) is 0 Å². The third kappa shape index (κ3) is 5.77. The van der Waals surface area contributed by atoms with Crippen LogP contribution in [0.5, 0.6) is 0 Å². The van der Waals surface area contributed by atoms with Gasteiger partial charge < -0.3 is 20.4 Å². The molecule has 5 heteroatoms. The maximum absolute atomic E-state index is 11.5. The Kier molecular flexibility index (Phi) is 5.49. The van der Waals surface area contributed by atoms with E-state index in [-0.39, 0.29) is 37.9 Å². The van der Waals surface area contributed by atoms with Gasteiger partial charge in [0, 0.05) is 18.6 Å². The number of carbonyl (C=O) groups is 1. The minimum Gasteiger partial charge on any atom is -0.395 e. The van der Waals surface area contributed by atoms with E-state index >= 15 is 0 Å². The number of rotatable bonds is 4. The van der Waals surface area contributed by atoms with E-state index in [2.05, 4.69) is 5.32 Å². The topological polar surface area (TPSA) is 72.8 Å². The lowest BCUT2D eigenvalue weighted by molar-refractivity contribution is 0.152. The van der Waals surface area contributed by atoms with E-state index in [1.807, 2.05) is 20.8 Å². The Morgan fingerprint density at radius 3 is 1.93 bits per heavy atom. The fraction of sp³-hybridized carbons (Fsp3) is 0.889. The number of urea groups is 1. The van der Waals surface area contributed by atoms with Crippen molar-refractivity contribution in [2.45, 2.75) is 26.3 Å². The van der Waals surface area contributed by atoms with Gasteiger partial charge in [0.15, 0.2) is 0 Å². The number of nitrogens with one attached hydrogen (secondary N) is 1. The highest BCUT2D eigenvalue weighted by Gasteiger charge is 2.18. The van der Waals surface area contributed by atoms with Gasteiger partial charge >= 0.3 is 6.03 Å². The normalized spacial score (nSPS) is 11.2. The Balaban J connectivity index is 4.14. The quantitative estimate of drug-likeness (QED) is 0.593. The first-order valence-corrected chi connectivity index (χ1v) is 4.69. The first-order chi connectivity index (χ1) is 6.40. The van der Waals surface area contributed by atoms with Crippen LogP contribution in [0.1, 0.15) is 20.8 Å². The molecule has 84 valence electrons. The number of aliphatic hydroxyl groups is 2. The second kappa shape index (κ2) is 5.82. The van der Waals surface area contributed by atoms with Gasteiger partial charge in [-0.05, 0) is 20.8 Å². The number of aliphatic hydroxyl groups excluding tert-OH is 2. The van der Waals surface area contributed by atoms with Gasteiger partial charge in [-0.2, -0.15) is 0 Å². The van der Waals surface area contributed by atoms with E-state index in [4.69, 9.17) is 10.2 Å². The summed E-state index contributed by atoms with van der Waals surface area (Å²) in [5.74, 6) is 0. The Labute approximate surface area is 84.7 Å². The highest BCUT2D eigenvalue weighted by atomic mass is 16.3. The SMILES string of the molecule is CC(C)(C)NC(=O)N(CCO)CCO. The van der Waals surface area contributed by atoms with E-state index in [0.717, 1.165) is 0 Å². The third-order valence-electron chi connectivity index (χ3n) is 1.51. The standard InChI is InChI=1S/C9H20N2O3/c1-9(2,3)10-8(14)11(4-6-12)5-7-13/h12-13H,4-7H2,1-3H3,(H,10,14). The maximum atomic E-state index is 11.5. The minimum atomic E-state index is -0.305. The smallest absolute Gasteiger partial charge is 0.317 e. The van der Waals surface area contributed by atoms with Crippen LogP contribution in [0, 0.1) is 0 Å². The molecule has 0 heterocycles.